The van der Waals surface area contributed by atoms with Crippen LogP contribution < -0.4 is 11.3 Å². The number of nitrogens with one attached hydrogen (secondary N) is 1. The fourth-order valence-corrected chi connectivity index (χ4v) is 1.67. The second-order valence-electron chi connectivity index (χ2n) is 3.86. The van der Waals surface area contributed by atoms with Crippen LogP contribution in [0.3, 0.4) is 0 Å². The Morgan fingerprint density at radius 1 is 1.39 bits per heavy atom. The van der Waals surface area contributed by atoms with Gasteiger partial charge in [0.25, 0.3) is 5.56 Å². The zero-order valence-corrected chi connectivity index (χ0v) is 10.2. The lowest BCUT2D eigenvalue weighted by Crippen LogP contribution is -2.34. The summed E-state index contributed by atoms with van der Waals surface area (Å²) in [6.45, 7) is 0. The Labute approximate surface area is 109 Å². The van der Waals surface area contributed by atoms with E-state index in [1.807, 2.05) is 18.2 Å². The molecule has 0 saturated carbocycles. The number of carboxylic acid groups (broad SMARTS) is 1. The summed E-state index contributed by atoms with van der Waals surface area (Å²) in [4.78, 5) is 25.0. The quantitative estimate of drug-likeness (QED) is 0.771. The smallest absolute Gasteiger partial charge is 0.320 e. The van der Waals surface area contributed by atoms with E-state index in [-0.39, 0.29) is 24.4 Å². The van der Waals surface area contributed by atoms with Crippen LogP contribution in [0.15, 0.2) is 35.1 Å². The Balaban J connectivity index is 0.00000162. The van der Waals surface area contributed by atoms with Gasteiger partial charge in [0.15, 0.2) is 0 Å². The van der Waals surface area contributed by atoms with E-state index in [2.05, 4.69) is 4.98 Å². The Morgan fingerprint density at radius 2 is 2.06 bits per heavy atom. The fraction of sp³-hybridized carbons (Fsp3) is 0.167. The van der Waals surface area contributed by atoms with Crippen LogP contribution in [0.25, 0.3) is 10.9 Å². The molecule has 0 saturated heterocycles. The van der Waals surface area contributed by atoms with Gasteiger partial charge < -0.3 is 15.8 Å². The van der Waals surface area contributed by atoms with Crippen LogP contribution in [-0.2, 0) is 11.2 Å². The summed E-state index contributed by atoms with van der Waals surface area (Å²) < 4.78 is 0. The monoisotopic (exact) mass is 268 g/mol. The zero-order chi connectivity index (χ0) is 12.4. The molecule has 1 atom stereocenters. The van der Waals surface area contributed by atoms with Gasteiger partial charge in [0.05, 0.1) is 0 Å². The number of carbonyl (C=O) groups is 1. The Morgan fingerprint density at radius 3 is 2.72 bits per heavy atom. The van der Waals surface area contributed by atoms with Crippen molar-refractivity contribution in [2.45, 2.75) is 12.5 Å². The summed E-state index contributed by atoms with van der Waals surface area (Å²) in [5, 5.41) is 9.57. The van der Waals surface area contributed by atoms with Crippen LogP contribution in [-0.4, -0.2) is 22.1 Å². The number of H-pyrrole nitrogens is 1. The molecule has 4 N–H and O–H groups in total. The van der Waals surface area contributed by atoms with Gasteiger partial charge >= 0.3 is 5.97 Å². The van der Waals surface area contributed by atoms with E-state index in [1.165, 1.54) is 0 Å². The summed E-state index contributed by atoms with van der Waals surface area (Å²) in [6.07, 6.45) is 0.0233. The molecule has 2 aromatic rings. The minimum Gasteiger partial charge on any atom is -0.480 e. The molecule has 0 fully saturated rings. The number of aliphatic carboxylic acids is 1. The van der Waals surface area contributed by atoms with Crippen molar-refractivity contribution in [2.75, 3.05) is 0 Å². The van der Waals surface area contributed by atoms with Gasteiger partial charge in [-0.2, -0.15) is 0 Å². The van der Waals surface area contributed by atoms with Gasteiger partial charge in [-0.1, -0.05) is 18.2 Å². The molecule has 0 amide bonds. The van der Waals surface area contributed by atoms with Crippen molar-refractivity contribution in [3.05, 3.63) is 46.2 Å². The molecule has 0 radical (unpaired) electrons. The van der Waals surface area contributed by atoms with Crippen molar-refractivity contribution < 1.29 is 9.90 Å². The lowest BCUT2D eigenvalue weighted by Gasteiger charge is -2.06. The molecule has 1 unspecified atom stereocenters. The molecule has 1 heterocycles. The second kappa shape index (κ2) is 5.66. The predicted molar refractivity (Wildman–Crippen MR) is 71.1 cm³/mol. The van der Waals surface area contributed by atoms with Crippen molar-refractivity contribution in [3.63, 3.8) is 0 Å². The third-order valence-corrected chi connectivity index (χ3v) is 2.59. The summed E-state index contributed by atoms with van der Waals surface area (Å²) in [7, 11) is 0. The first-order valence-corrected chi connectivity index (χ1v) is 5.17. The summed E-state index contributed by atoms with van der Waals surface area (Å²) in [5.74, 6) is -1.11. The van der Waals surface area contributed by atoms with Crippen molar-refractivity contribution in [2.24, 2.45) is 5.73 Å². The van der Waals surface area contributed by atoms with Crippen LogP contribution in [0.2, 0.25) is 0 Å². The van der Waals surface area contributed by atoms with E-state index in [0.29, 0.717) is 5.56 Å². The Hall–Kier alpha value is -1.85. The number of hydrogen-bond donors (Lipinski definition) is 3. The number of aromatic nitrogens is 1. The SMILES string of the molecule is Cl.NC(Cc1cc2ccccc2[nH]c1=O)C(=O)O. The van der Waals surface area contributed by atoms with E-state index >= 15 is 0 Å². The third kappa shape index (κ3) is 2.88. The average Bonchev–Trinajstić information content (AvgIpc) is 2.29. The number of halogens is 1. The van der Waals surface area contributed by atoms with Crippen molar-refractivity contribution in [1.29, 1.82) is 0 Å². The lowest BCUT2D eigenvalue weighted by molar-refractivity contribution is -0.138. The van der Waals surface area contributed by atoms with Crippen LogP contribution >= 0.6 is 12.4 Å². The number of rotatable bonds is 3. The number of hydrogen-bond acceptors (Lipinski definition) is 3. The molecule has 0 aliphatic rings. The van der Waals surface area contributed by atoms with Crippen LogP contribution in [0.1, 0.15) is 5.56 Å². The highest BCUT2D eigenvalue weighted by Gasteiger charge is 2.14. The molecule has 0 aliphatic carbocycles. The highest BCUT2D eigenvalue weighted by Crippen LogP contribution is 2.10. The first kappa shape index (κ1) is 14.2. The highest BCUT2D eigenvalue weighted by atomic mass is 35.5. The topological polar surface area (TPSA) is 96.2 Å². The number of para-hydroxylation sites is 1. The van der Waals surface area contributed by atoms with Gasteiger partial charge in [-0.3, -0.25) is 9.59 Å². The second-order valence-corrected chi connectivity index (χ2v) is 3.86. The van der Waals surface area contributed by atoms with E-state index in [1.54, 1.807) is 12.1 Å². The van der Waals surface area contributed by atoms with Crippen molar-refractivity contribution in [3.8, 4) is 0 Å². The number of carboxylic acids is 1. The van der Waals surface area contributed by atoms with E-state index < -0.39 is 12.0 Å². The maximum Gasteiger partial charge on any atom is 0.320 e. The largest absolute Gasteiger partial charge is 0.480 e. The van der Waals surface area contributed by atoms with Crippen LogP contribution in [0, 0.1) is 0 Å². The Kier molecular flexibility index (Phi) is 4.47. The molecule has 2 rings (SSSR count). The van der Waals surface area contributed by atoms with E-state index in [9.17, 15) is 9.59 Å². The molecular weight excluding hydrogens is 256 g/mol. The molecular formula is C12H13ClN2O3. The normalized spacial score (nSPS) is 11.8. The first-order valence-electron chi connectivity index (χ1n) is 5.17. The van der Waals surface area contributed by atoms with Gasteiger partial charge in [-0.15, -0.1) is 12.4 Å². The number of pyridine rings is 1. The maximum atomic E-state index is 11.7. The highest BCUT2D eigenvalue weighted by molar-refractivity contribution is 5.85. The van der Waals surface area contributed by atoms with E-state index in [4.69, 9.17) is 10.8 Å². The van der Waals surface area contributed by atoms with Crippen molar-refractivity contribution >= 4 is 29.3 Å². The minimum atomic E-state index is -1.11. The standard InChI is InChI=1S/C12H12N2O3.ClH/c13-9(12(16)17)6-8-5-7-3-1-2-4-10(7)14-11(8)15;/h1-5,9H,6,13H2,(H,14,15)(H,16,17);1H. The summed E-state index contributed by atoms with van der Waals surface area (Å²) >= 11 is 0. The summed E-state index contributed by atoms with van der Waals surface area (Å²) in [6, 6.07) is 7.93. The molecule has 1 aromatic heterocycles. The van der Waals surface area contributed by atoms with Crippen LogP contribution in [0.5, 0.6) is 0 Å². The molecule has 0 aliphatic heterocycles. The minimum absolute atomic E-state index is 0. The number of benzene rings is 1. The molecule has 6 heteroatoms. The van der Waals surface area contributed by atoms with Gasteiger partial charge in [0.1, 0.15) is 6.04 Å². The Bertz CT molecular complexity index is 624. The number of aromatic amines is 1. The number of fused-ring (bicyclic) bond motifs is 1. The molecule has 5 nitrogen and oxygen atoms in total. The first-order chi connectivity index (χ1) is 8.08. The van der Waals surface area contributed by atoms with Gasteiger partial charge in [0, 0.05) is 17.5 Å². The maximum absolute atomic E-state index is 11.7. The molecule has 96 valence electrons. The molecule has 18 heavy (non-hydrogen) atoms. The molecule has 0 bridgehead atoms. The number of nitrogens with two attached hydrogens (primary N) is 1. The van der Waals surface area contributed by atoms with E-state index in [0.717, 1.165) is 10.9 Å². The predicted octanol–water partition coefficient (Wildman–Crippen LogP) is 0.904. The zero-order valence-electron chi connectivity index (χ0n) is 9.42. The summed E-state index contributed by atoms with van der Waals surface area (Å²) in [5.41, 5.74) is 6.23. The molecule has 1 aromatic carbocycles. The lowest BCUT2D eigenvalue weighted by atomic mass is 10.1. The van der Waals surface area contributed by atoms with Gasteiger partial charge in [0.2, 0.25) is 0 Å². The molecule has 0 spiro atoms. The third-order valence-electron chi connectivity index (χ3n) is 2.59. The van der Waals surface area contributed by atoms with Gasteiger partial charge in [-0.05, 0) is 17.5 Å². The van der Waals surface area contributed by atoms with Gasteiger partial charge in [-0.25, -0.2) is 0 Å². The average molecular weight is 269 g/mol. The van der Waals surface area contributed by atoms with Crippen molar-refractivity contribution in [1.82, 2.24) is 4.98 Å². The fourth-order valence-electron chi connectivity index (χ4n) is 1.67. The van der Waals surface area contributed by atoms with Crippen LogP contribution in [0.4, 0.5) is 0 Å².